The number of hydrogen-bond donors (Lipinski definition) is 1. The van der Waals surface area contributed by atoms with Crippen LogP contribution in [0.4, 0.5) is 0 Å². The monoisotopic (exact) mass is 307 g/mol. The number of carboxylic acid groups (broad SMARTS) is 1. The van der Waals surface area contributed by atoms with Crippen molar-refractivity contribution in [3.8, 4) is 0 Å². The summed E-state index contributed by atoms with van der Waals surface area (Å²) < 4.78 is 23.7. The lowest BCUT2D eigenvalue weighted by atomic mass is 10.1. The molecule has 3 atom stereocenters. The summed E-state index contributed by atoms with van der Waals surface area (Å²) >= 11 is 1.76. The summed E-state index contributed by atoms with van der Waals surface area (Å²) in [5.41, 5.74) is 0. The van der Waals surface area contributed by atoms with Crippen LogP contribution >= 0.6 is 11.8 Å². The van der Waals surface area contributed by atoms with E-state index in [1.54, 1.807) is 11.8 Å². The van der Waals surface area contributed by atoms with Crippen molar-refractivity contribution in [2.24, 2.45) is 0 Å². The van der Waals surface area contributed by atoms with Crippen LogP contribution in [-0.4, -0.2) is 66.0 Å². The zero-order chi connectivity index (χ0) is 14.0. The van der Waals surface area contributed by atoms with E-state index in [1.807, 2.05) is 0 Å². The maximum atomic E-state index is 11.9. The summed E-state index contributed by atoms with van der Waals surface area (Å²) in [7, 11) is -3.05. The van der Waals surface area contributed by atoms with Crippen molar-refractivity contribution in [1.29, 1.82) is 0 Å². The lowest BCUT2D eigenvalue weighted by Crippen LogP contribution is -2.53. The van der Waals surface area contributed by atoms with Gasteiger partial charge in [0, 0.05) is 36.4 Å². The molecule has 1 saturated carbocycles. The SMILES string of the molecule is CS(=O)(=O)C1CCCC1N1CCSCC1CC(=O)O. The van der Waals surface area contributed by atoms with Gasteiger partial charge in [-0.2, -0.15) is 11.8 Å². The van der Waals surface area contributed by atoms with E-state index in [1.165, 1.54) is 6.26 Å². The van der Waals surface area contributed by atoms with Gasteiger partial charge in [0.25, 0.3) is 0 Å². The van der Waals surface area contributed by atoms with Gasteiger partial charge in [-0.25, -0.2) is 8.42 Å². The van der Waals surface area contributed by atoms with Crippen molar-refractivity contribution in [3.63, 3.8) is 0 Å². The van der Waals surface area contributed by atoms with E-state index < -0.39 is 15.8 Å². The minimum absolute atomic E-state index is 0.0141. The summed E-state index contributed by atoms with van der Waals surface area (Å²) in [4.78, 5) is 13.1. The number of carbonyl (C=O) groups is 1. The lowest BCUT2D eigenvalue weighted by molar-refractivity contribution is -0.138. The summed E-state index contributed by atoms with van der Waals surface area (Å²) in [5, 5.41) is 8.68. The van der Waals surface area contributed by atoms with Crippen molar-refractivity contribution >= 4 is 27.6 Å². The third-order valence-electron chi connectivity index (χ3n) is 4.08. The summed E-state index contributed by atoms with van der Waals surface area (Å²) in [6.45, 7) is 0.805. The number of nitrogens with zero attached hydrogens (tertiary/aromatic N) is 1. The van der Waals surface area contributed by atoms with Gasteiger partial charge >= 0.3 is 5.97 Å². The van der Waals surface area contributed by atoms with Crippen LogP contribution in [0.15, 0.2) is 0 Å². The largest absolute Gasteiger partial charge is 0.481 e. The van der Waals surface area contributed by atoms with Crippen LogP contribution in [0.25, 0.3) is 0 Å². The highest BCUT2D eigenvalue weighted by atomic mass is 32.2. The van der Waals surface area contributed by atoms with E-state index in [0.29, 0.717) is 6.42 Å². The van der Waals surface area contributed by atoms with Crippen LogP contribution in [0.3, 0.4) is 0 Å². The molecule has 0 bridgehead atoms. The normalized spacial score (nSPS) is 33.4. The Morgan fingerprint density at radius 3 is 2.79 bits per heavy atom. The summed E-state index contributed by atoms with van der Waals surface area (Å²) in [6.07, 6.45) is 3.93. The molecule has 7 heteroatoms. The predicted molar refractivity (Wildman–Crippen MR) is 76.3 cm³/mol. The van der Waals surface area contributed by atoms with Gasteiger partial charge in [0.05, 0.1) is 11.7 Å². The zero-order valence-corrected chi connectivity index (χ0v) is 12.8. The predicted octanol–water partition coefficient (Wildman–Crippen LogP) is 0.844. The molecule has 0 aromatic carbocycles. The van der Waals surface area contributed by atoms with Crippen molar-refractivity contribution in [2.45, 2.75) is 43.0 Å². The molecule has 2 rings (SSSR count). The summed E-state index contributed by atoms with van der Waals surface area (Å²) in [6, 6.07) is -0.0103. The zero-order valence-electron chi connectivity index (χ0n) is 11.1. The van der Waals surface area contributed by atoms with Crippen LogP contribution in [0.5, 0.6) is 0 Å². The maximum absolute atomic E-state index is 11.9. The van der Waals surface area contributed by atoms with Crippen LogP contribution in [-0.2, 0) is 14.6 Å². The van der Waals surface area contributed by atoms with E-state index in [9.17, 15) is 13.2 Å². The molecule has 0 amide bonds. The Labute approximate surface area is 118 Å². The number of carboxylic acids is 1. The molecule has 2 fully saturated rings. The molecule has 0 radical (unpaired) electrons. The van der Waals surface area contributed by atoms with E-state index in [4.69, 9.17) is 5.11 Å². The lowest BCUT2D eigenvalue weighted by Gasteiger charge is -2.40. The van der Waals surface area contributed by atoms with Gasteiger partial charge in [0.1, 0.15) is 0 Å². The molecule has 19 heavy (non-hydrogen) atoms. The average Bonchev–Trinajstić information content (AvgIpc) is 2.77. The van der Waals surface area contributed by atoms with Gasteiger partial charge in [-0.1, -0.05) is 6.42 Å². The Morgan fingerprint density at radius 2 is 2.16 bits per heavy atom. The first kappa shape index (κ1) is 15.1. The van der Waals surface area contributed by atoms with Gasteiger partial charge < -0.3 is 5.11 Å². The number of hydrogen-bond acceptors (Lipinski definition) is 5. The molecule has 1 N–H and O–H groups in total. The molecule has 1 saturated heterocycles. The Balaban J connectivity index is 2.15. The van der Waals surface area contributed by atoms with Crippen LogP contribution in [0.1, 0.15) is 25.7 Å². The Bertz CT molecular complexity index is 437. The van der Waals surface area contributed by atoms with Crippen molar-refractivity contribution < 1.29 is 18.3 Å². The third-order valence-corrected chi connectivity index (χ3v) is 6.82. The smallest absolute Gasteiger partial charge is 0.304 e. The molecule has 0 aromatic rings. The minimum Gasteiger partial charge on any atom is -0.481 e. The van der Waals surface area contributed by atoms with E-state index >= 15 is 0 Å². The first-order valence-corrected chi connectivity index (χ1v) is 9.74. The van der Waals surface area contributed by atoms with E-state index in [2.05, 4.69) is 4.90 Å². The Hall–Kier alpha value is -0.270. The molecular formula is C12H21NO4S2. The fourth-order valence-electron chi connectivity index (χ4n) is 3.27. The number of aliphatic carboxylic acids is 1. The molecular weight excluding hydrogens is 286 g/mol. The highest BCUT2D eigenvalue weighted by Crippen LogP contribution is 2.33. The van der Waals surface area contributed by atoms with Gasteiger partial charge in [-0.05, 0) is 12.8 Å². The Kier molecular flexibility index (Phi) is 4.79. The van der Waals surface area contributed by atoms with Gasteiger partial charge in [-0.15, -0.1) is 0 Å². The van der Waals surface area contributed by atoms with Crippen molar-refractivity contribution in [2.75, 3.05) is 24.3 Å². The highest BCUT2D eigenvalue weighted by molar-refractivity contribution is 7.99. The first-order chi connectivity index (χ1) is 8.89. The molecule has 2 aliphatic rings. The molecule has 5 nitrogen and oxygen atoms in total. The highest BCUT2D eigenvalue weighted by Gasteiger charge is 2.41. The molecule has 0 aromatic heterocycles. The maximum Gasteiger partial charge on any atom is 0.304 e. The second kappa shape index (κ2) is 6.01. The fourth-order valence-corrected chi connectivity index (χ4v) is 5.81. The molecule has 1 aliphatic carbocycles. The average molecular weight is 307 g/mol. The minimum atomic E-state index is -3.05. The van der Waals surface area contributed by atoms with E-state index in [0.717, 1.165) is 30.9 Å². The quantitative estimate of drug-likeness (QED) is 0.830. The fraction of sp³-hybridized carbons (Fsp3) is 0.917. The summed E-state index contributed by atoms with van der Waals surface area (Å²) in [5.74, 6) is 0.953. The molecule has 1 heterocycles. The third kappa shape index (κ3) is 3.64. The van der Waals surface area contributed by atoms with Crippen molar-refractivity contribution in [1.82, 2.24) is 4.90 Å². The van der Waals surface area contributed by atoms with Crippen LogP contribution in [0.2, 0.25) is 0 Å². The van der Waals surface area contributed by atoms with Crippen LogP contribution < -0.4 is 0 Å². The molecule has 110 valence electrons. The van der Waals surface area contributed by atoms with Crippen LogP contribution in [0, 0.1) is 0 Å². The van der Waals surface area contributed by atoms with E-state index in [-0.39, 0.29) is 23.8 Å². The number of thioether (sulfide) groups is 1. The van der Waals surface area contributed by atoms with Gasteiger partial charge in [-0.3, -0.25) is 9.69 Å². The molecule has 0 spiro atoms. The van der Waals surface area contributed by atoms with Gasteiger partial charge in [0.15, 0.2) is 9.84 Å². The standard InChI is InChI=1S/C12H21NO4S2/c1-19(16,17)11-4-2-3-10(11)13-5-6-18-8-9(13)7-12(14)15/h9-11H,2-8H2,1H3,(H,14,15). The second-order valence-corrected chi connectivity index (χ2v) is 8.85. The molecule has 1 aliphatic heterocycles. The number of rotatable bonds is 4. The second-order valence-electron chi connectivity index (χ2n) is 5.43. The first-order valence-electron chi connectivity index (χ1n) is 6.63. The number of sulfone groups is 1. The topological polar surface area (TPSA) is 74.7 Å². The van der Waals surface area contributed by atoms with Crippen molar-refractivity contribution in [3.05, 3.63) is 0 Å². The van der Waals surface area contributed by atoms with Gasteiger partial charge in [0.2, 0.25) is 0 Å². The molecule has 3 unspecified atom stereocenters. The Morgan fingerprint density at radius 1 is 1.42 bits per heavy atom.